The second kappa shape index (κ2) is 3.46. The van der Waals surface area contributed by atoms with E-state index in [1.165, 1.54) is 12.2 Å². The third kappa shape index (κ3) is 1.69. The van der Waals surface area contributed by atoms with Crippen molar-refractivity contribution in [1.82, 2.24) is 4.90 Å². The summed E-state index contributed by atoms with van der Waals surface area (Å²) in [4.78, 5) is 26.8. The van der Waals surface area contributed by atoms with Crippen LogP contribution < -0.4 is 0 Å². The molecule has 0 aromatic carbocycles. The van der Waals surface area contributed by atoms with E-state index in [4.69, 9.17) is 5.26 Å². The second-order valence-corrected chi connectivity index (χ2v) is 2.54. The lowest BCUT2D eigenvalue weighted by Crippen LogP contribution is -2.36. The normalized spacial score (nSPS) is 19.0. The van der Waals surface area contributed by atoms with Crippen LogP contribution in [0.5, 0.6) is 0 Å². The maximum Gasteiger partial charge on any atom is 0.253 e. The molecule has 0 saturated carbocycles. The van der Waals surface area contributed by atoms with Crippen molar-refractivity contribution in [3.05, 3.63) is 12.2 Å². The maximum atomic E-state index is 10.9. The van der Waals surface area contributed by atoms with Crippen molar-refractivity contribution < 1.29 is 19.7 Å². The minimum absolute atomic E-state index is 0.0706. The first-order valence-corrected chi connectivity index (χ1v) is 3.49. The fourth-order valence-electron chi connectivity index (χ4n) is 0.902. The van der Waals surface area contributed by atoms with Gasteiger partial charge in [-0.05, 0) is 6.92 Å². The molecule has 0 saturated heterocycles. The van der Waals surface area contributed by atoms with Crippen LogP contribution in [0, 0.1) is 0 Å². The van der Waals surface area contributed by atoms with Crippen molar-refractivity contribution >= 4 is 11.8 Å². The van der Waals surface area contributed by atoms with Gasteiger partial charge in [0, 0.05) is 12.2 Å². The van der Waals surface area contributed by atoms with Crippen molar-refractivity contribution in [2.45, 2.75) is 13.0 Å². The van der Waals surface area contributed by atoms with Gasteiger partial charge in [-0.2, -0.15) is 0 Å². The molecular weight excluding hydrogens is 162 g/mol. The van der Waals surface area contributed by atoms with Gasteiger partial charge in [0.05, 0.1) is 6.54 Å². The predicted molar refractivity (Wildman–Crippen MR) is 39.0 cm³/mol. The zero-order valence-corrected chi connectivity index (χ0v) is 6.56. The van der Waals surface area contributed by atoms with Gasteiger partial charge in [-0.15, -0.1) is 0 Å². The Morgan fingerprint density at radius 1 is 1.50 bits per heavy atom. The lowest BCUT2D eigenvalue weighted by molar-refractivity contribution is -0.275. The van der Waals surface area contributed by atoms with Gasteiger partial charge in [0.2, 0.25) is 0 Å². The number of amides is 2. The van der Waals surface area contributed by atoms with Crippen LogP contribution in [-0.4, -0.2) is 34.6 Å². The average Bonchev–Trinajstić information content (AvgIpc) is 2.35. The molecule has 0 spiro atoms. The molecule has 0 aromatic heterocycles. The molecule has 0 radical (unpaired) electrons. The third-order valence-corrected chi connectivity index (χ3v) is 1.52. The van der Waals surface area contributed by atoms with Gasteiger partial charge in [0.25, 0.3) is 11.8 Å². The molecule has 0 bridgehead atoms. The van der Waals surface area contributed by atoms with Gasteiger partial charge in [-0.1, -0.05) is 0 Å². The van der Waals surface area contributed by atoms with E-state index in [0.29, 0.717) is 0 Å². The molecule has 1 rings (SSSR count). The quantitative estimate of drug-likeness (QED) is 0.362. The SMILES string of the molecule is CC(CN1C(=O)C=CC1=O)OO. The summed E-state index contributed by atoms with van der Waals surface area (Å²) in [6.45, 7) is 1.63. The topological polar surface area (TPSA) is 66.8 Å². The van der Waals surface area contributed by atoms with E-state index in [0.717, 1.165) is 4.90 Å². The monoisotopic (exact) mass is 171 g/mol. The Balaban J connectivity index is 2.53. The van der Waals surface area contributed by atoms with Crippen molar-refractivity contribution in [1.29, 1.82) is 0 Å². The highest BCUT2D eigenvalue weighted by Gasteiger charge is 2.24. The molecule has 1 N–H and O–H groups in total. The number of hydrogen-bond donors (Lipinski definition) is 1. The molecule has 12 heavy (non-hydrogen) atoms. The molecule has 2 amide bonds. The highest BCUT2D eigenvalue weighted by molar-refractivity contribution is 6.12. The standard InChI is InChI=1S/C7H9NO4/c1-5(12-11)4-8-6(9)2-3-7(8)10/h2-3,5,11H,4H2,1H3. The summed E-state index contributed by atoms with van der Waals surface area (Å²) in [7, 11) is 0. The number of nitrogens with zero attached hydrogens (tertiary/aromatic N) is 1. The van der Waals surface area contributed by atoms with Crippen molar-refractivity contribution in [2.75, 3.05) is 6.54 Å². The van der Waals surface area contributed by atoms with Crippen LogP contribution >= 0.6 is 0 Å². The van der Waals surface area contributed by atoms with Crippen molar-refractivity contribution in [3.8, 4) is 0 Å². The number of rotatable bonds is 3. The summed E-state index contributed by atoms with van der Waals surface area (Å²) in [5.74, 6) is -0.743. The lowest BCUT2D eigenvalue weighted by atomic mass is 10.4. The third-order valence-electron chi connectivity index (χ3n) is 1.52. The van der Waals surface area contributed by atoms with E-state index in [1.54, 1.807) is 6.92 Å². The van der Waals surface area contributed by atoms with Crippen LogP contribution in [0.2, 0.25) is 0 Å². The zero-order valence-electron chi connectivity index (χ0n) is 6.56. The highest BCUT2D eigenvalue weighted by atomic mass is 17.1. The van der Waals surface area contributed by atoms with Gasteiger partial charge in [0.15, 0.2) is 0 Å². The van der Waals surface area contributed by atoms with Crippen molar-refractivity contribution in [2.24, 2.45) is 0 Å². The first kappa shape index (κ1) is 8.89. The Labute approximate surface area is 69.2 Å². The molecule has 1 atom stereocenters. The Morgan fingerprint density at radius 2 is 2.00 bits per heavy atom. The summed E-state index contributed by atoms with van der Waals surface area (Å²) in [5, 5.41) is 8.20. The summed E-state index contributed by atoms with van der Waals surface area (Å²) in [6, 6.07) is 0. The summed E-state index contributed by atoms with van der Waals surface area (Å²) >= 11 is 0. The van der Waals surface area contributed by atoms with Gasteiger partial charge in [-0.25, -0.2) is 4.89 Å². The average molecular weight is 171 g/mol. The Morgan fingerprint density at radius 3 is 2.42 bits per heavy atom. The number of carbonyl (C=O) groups is 2. The number of imide groups is 1. The van der Waals surface area contributed by atoms with E-state index in [9.17, 15) is 9.59 Å². The fourth-order valence-corrected chi connectivity index (χ4v) is 0.902. The van der Waals surface area contributed by atoms with Crippen LogP contribution in [0.3, 0.4) is 0 Å². The van der Waals surface area contributed by atoms with E-state index in [-0.39, 0.29) is 18.4 Å². The maximum absolute atomic E-state index is 10.9. The Bertz CT molecular complexity index is 218. The molecule has 0 aromatic rings. The van der Waals surface area contributed by atoms with Gasteiger partial charge < -0.3 is 0 Å². The van der Waals surface area contributed by atoms with E-state index >= 15 is 0 Å². The van der Waals surface area contributed by atoms with Crippen LogP contribution in [0.25, 0.3) is 0 Å². The number of hydrogen-bond acceptors (Lipinski definition) is 4. The van der Waals surface area contributed by atoms with Crippen molar-refractivity contribution in [3.63, 3.8) is 0 Å². The van der Waals surface area contributed by atoms with E-state index < -0.39 is 6.10 Å². The Hall–Kier alpha value is -1.20. The van der Waals surface area contributed by atoms with Crippen LogP contribution in [0.4, 0.5) is 0 Å². The number of carbonyl (C=O) groups excluding carboxylic acids is 2. The van der Waals surface area contributed by atoms with Gasteiger partial charge in [0.1, 0.15) is 6.10 Å². The molecule has 5 heteroatoms. The largest absolute Gasteiger partial charge is 0.273 e. The first-order valence-electron chi connectivity index (χ1n) is 3.49. The molecular formula is C7H9NO4. The smallest absolute Gasteiger partial charge is 0.253 e. The lowest BCUT2D eigenvalue weighted by Gasteiger charge is -2.16. The molecule has 1 aliphatic heterocycles. The highest BCUT2D eigenvalue weighted by Crippen LogP contribution is 2.04. The molecule has 0 fully saturated rings. The Kier molecular flexibility index (Phi) is 2.57. The molecule has 66 valence electrons. The van der Waals surface area contributed by atoms with Gasteiger partial charge >= 0.3 is 0 Å². The molecule has 5 nitrogen and oxygen atoms in total. The predicted octanol–water partition coefficient (Wildman–Crippen LogP) is -0.211. The summed E-state index contributed by atoms with van der Waals surface area (Å²) < 4.78 is 0. The molecule has 1 aliphatic rings. The van der Waals surface area contributed by atoms with E-state index in [1.807, 2.05) is 0 Å². The summed E-state index contributed by atoms with van der Waals surface area (Å²) in [6.07, 6.45) is 1.82. The minimum Gasteiger partial charge on any atom is -0.273 e. The fraction of sp³-hybridized carbons (Fsp3) is 0.429. The zero-order chi connectivity index (χ0) is 9.14. The molecule has 0 aliphatic carbocycles. The first-order chi connectivity index (χ1) is 5.65. The molecule has 1 unspecified atom stereocenters. The van der Waals surface area contributed by atoms with Crippen LogP contribution in [0.15, 0.2) is 12.2 Å². The van der Waals surface area contributed by atoms with Gasteiger partial charge in [-0.3, -0.25) is 19.7 Å². The van der Waals surface area contributed by atoms with Crippen LogP contribution in [-0.2, 0) is 14.5 Å². The minimum atomic E-state index is -0.558. The second-order valence-electron chi connectivity index (χ2n) is 2.54. The molecule has 1 heterocycles. The van der Waals surface area contributed by atoms with Crippen LogP contribution in [0.1, 0.15) is 6.92 Å². The van der Waals surface area contributed by atoms with E-state index in [2.05, 4.69) is 4.89 Å². The summed E-state index contributed by atoms with van der Waals surface area (Å²) in [5.41, 5.74) is 0.